The Morgan fingerprint density at radius 1 is 1.43 bits per heavy atom. The molecule has 0 aliphatic rings. The zero-order chi connectivity index (χ0) is 9.80. The maximum Gasteiger partial charge on any atom is 0.0889 e. The van der Waals surface area contributed by atoms with Crippen molar-refractivity contribution in [2.24, 2.45) is 0 Å². The average Bonchev–Trinajstić information content (AvgIpc) is 2.63. The molecule has 0 aliphatic heterocycles. The number of nitrogens with one attached hydrogen (secondary N) is 1. The van der Waals surface area contributed by atoms with Gasteiger partial charge >= 0.3 is 0 Å². The molecule has 0 spiro atoms. The standard InChI is InChI=1S/C10H14N4/c1-2-3-11-6-9-7-13-14-5-4-12-8-10(9)14/h4-5,7-8,11H,2-3,6H2,1H3. The fourth-order valence-corrected chi connectivity index (χ4v) is 1.42. The molecule has 0 atom stereocenters. The average molecular weight is 190 g/mol. The van der Waals surface area contributed by atoms with Gasteiger partial charge in [0.2, 0.25) is 0 Å². The Hall–Kier alpha value is -1.42. The Kier molecular flexibility index (Phi) is 2.74. The summed E-state index contributed by atoms with van der Waals surface area (Å²) in [7, 11) is 0. The highest BCUT2D eigenvalue weighted by Crippen LogP contribution is 2.07. The zero-order valence-electron chi connectivity index (χ0n) is 8.27. The first kappa shape index (κ1) is 9.15. The highest BCUT2D eigenvalue weighted by Gasteiger charge is 2.01. The van der Waals surface area contributed by atoms with Gasteiger partial charge in [0.1, 0.15) is 0 Å². The summed E-state index contributed by atoms with van der Waals surface area (Å²) in [6.07, 6.45) is 8.48. The van der Waals surface area contributed by atoms with Gasteiger partial charge < -0.3 is 5.32 Å². The minimum Gasteiger partial charge on any atom is -0.313 e. The van der Waals surface area contributed by atoms with Crippen LogP contribution in [0.1, 0.15) is 18.9 Å². The third-order valence-electron chi connectivity index (χ3n) is 2.15. The van der Waals surface area contributed by atoms with Gasteiger partial charge in [0, 0.05) is 24.5 Å². The van der Waals surface area contributed by atoms with Gasteiger partial charge in [-0.25, -0.2) is 4.52 Å². The van der Waals surface area contributed by atoms with Crippen LogP contribution in [0.15, 0.2) is 24.8 Å². The van der Waals surface area contributed by atoms with Crippen molar-refractivity contribution >= 4 is 5.52 Å². The molecule has 4 nitrogen and oxygen atoms in total. The van der Waals surface area contributed by atoms with Gasteiger partial charge in [0.25, 0.3) is 0 Å². The Bertz CT molecular complexity index is 407. The summed E-state index contributed by atoms with van der Waals surface area (Å²) in [6, 6.07) is 0. The first-order valence-corrected chi connectivity index (χ1v) is 4.88. The molecule has 2 rings (SSSR count). The Labute approximate surface area is 83.0 Å². The first-order chi connectivity index (χ1) is 6.92. The lowest BCUT2D eigenvalue weighted by molar-refractivity contribution is 0.678. The van der Waals surface area contributed by atoms with Crippen LogP contribution in [0, 0.1) is 0 Å². The van der Waals surface area contributed by atoms with Crippen molar-refractivity contribution in [3.05, 3.63) is 30.4 Å². The molecule has 4 heteroatoms. The van der Waals surface area contributed by atoms with Crippen molar-refractivity contribution in [3.63, 3.8) is 0 Å². The highest BCUT2D eigenvalue weighted by atomic mass is 15.2. The molecule has 2 aromatic rings. The molecule has 0 saturated heterocycles. The fraction of sp³-hybridized carbons (Fsp3) is 0.400. The molecule has 2 heterocycles. The van der Waals surface area contributed by atoms with E-state index in [1.807, 2.05) is 23.1 Å². The number of fused-ring (bicyclic) bond motifs is 1. The normalized spacial score (nSPS) is 10.9. The van der Waals surface area contributed by atoms with Crippen molar-refractivity contribution in [2.75, 3.05) is 6.54 Å². The second kappa shape index (κ2) is 4.19. The molecule has 0 saturated carbocycles. The van der Waals surface area contributed by atoms with E-state index in [1.54, 1.807) is 6.20 Å². The van der Waals surface area contributed by atoms with Crippen LogP contribution >= 0.6 is 0 Å². The van der Waals surface area contributed by atoms with E-state index in [4.69, 9.17) is 0 Å². The predicted molar refractivity (Wildman–Crippen MR) is 55.0 cm³/mol. The summed E-state index contributed by atoms with van der Waals surface area (Å²) >= 11 is 0. The van der Waals surface area contributed by atoms with E-state index in [0.717, 1.165) is 25.0 Å². The Balaban J connectivity index is 2.17. The van der Waals surface area contributed by atoms with E-state index in [0.29, 0.717) is 0 Å². The number of hydrogen-bond donors (Lipinski definition) is 1. The lowest BCUT2D eigenvalue weighted by atomic mass is 10.3. The maximum absolute atomic E-state index is 4.23. The van der Waals surface area contributed by atoms with Gasteiger partial charge in [-0.3, -0.25) is 4.98 Å². The van der Waals surface area contributed by atoms with Crippen molar-refractivity contribution in [1.29, 1.82) is 0 Å². The zero-order valence-corrected chi connectivity index (χ0v) is 8.27. The third kappa shape index (κ3) is 1.75. The second-order valence-electron chi connectivity index (χ2n) is 3.25. The maximum atomic E-state index is 4.23. The number of rotatable bonds is 4. The highest BCUT2D eigenvalue weighted by molar-refractivity contribution is 5.51. The Morgan fingerprint density at radius 3 is 3.21 bits per heavy atom. The summed E-state index contributed by atoms with van der Waals surface area (Å²) in [5.41, 5.74) is 2.28. The smallest absolute Gasteiger partial charge is 0.0889 e. The summed E-state index contributed by atoms with van der Waals surface area (Å²) < 4.78 is 1.84. The van der Waals surface area contributed by atoms with E-state index in [1.165, 1.54) is 5.56 Å². The number of nitrogens with zero attached hydrogens (tertiary/aromatic N) is 3. The first-order valence-electron chi connectivity index (χ1n) is 4.88. The summed E-state index contributed by atoms with van der Waals surface area (Å²) in [6.45, 7) is 4.06. The van der Waals surface area contributed by atoms with Gasteiger partial charge in [-0.1, -0.05) is 6.92 Å². The molecule has 0 bridgehead atoms. The molecule has 1 N–H and O–H groups in total. The van der Waals surface area contributed by atoms with Crippen LogP contribution in [-0.2, 0) is 6.54 Å². The Morgan fingerprint density at radius 2 is 2.36 bits per heavy atom. The molecule has 0 unspecified atom stereocenters. The quantitative estimate of drug-likeness (QED) is 0.737. The third-order valence-corrected chi connectivity index (χ3v) is 2.15. The molecular weight excluding hydrogens is 176 g/mol. The minimum absolute atomic E-state index is 0.864. The lowest BCUT2D eigenvalue weighted by Gasteiger charge is -2.00. The molecule has 0 aromatic carbocycles. The largest absolute Gasteiger partial charge is 0.313 e. The fourth-order valence-electron chi connectivity index (χ4n) is 1.42. The van der Waals surface area contributed by atoms with Gasteiger partial charge in [-0.15, -0.1) is 0 Å². The second-order valence-corrected chi connectivity index (χ2v) is 3.25. The number of hydrogen-bond acceptors (Lipinski definition) is 3. The van der Waals surface area contributed by atoms with Gasteiger partial charge in [-0.2, -0.15) is 5.10 Å². The lowest BCUT2D eigenvalue weighted by Crippen LogP contribution is -2.13. The van der Waals surface area contributed by atoms with Crippen LogP contribution in [0.5, 0.6) is 0 Å². The predicted octanol–water partition coefficient (Wildman–Crippen LogP) is 1.23. The van der Waals surface area contributed by atoms with E-state index in [9.17, 15) is 0 Å². The van der Waals surface area contributed by atoms with E-state index in [2.05, 4.69) is 22.3 Å². The minimum atomic E-state index is 0.864. The molecule has 74 valence electrons. The monoisotopic (exact) mass is 190 g/mol. The molecule has 14 heavy (non-hydrogen) atoms. The van der Waals surface area contributed by atoms with Gasteiger partial charge in [-0.05, 0) is 13.0 Å². The van der Waals surface area contributed by atoms with Crippen molar-refractivity contribution < 1.29 is 0 Å². The van der Waals surface area contributed by atoms with Crippen molar-refractivity contribution in [3.8, 4) is 0 Å². The van der Waals surface area contributed by atoms with E-state index in [-0.39, 0.29) is 0 Å². The van der Waals surface area contributed by atoms with Crippen molar-refractivity contribution in [1.82, 2.24) is 19.9 Å². The van der Waals surface area contributed by atoms with Crippen LogP contribution in [0.3, 0.4) is 0 Å². The van der Waals surface area contributed by atoms with Crippen LogP contribution < -0.4 is 5.32 Å². The van der Waals surface area contributed by atoms with Crippen molar-refractivity contribution in [2.45, 2.75) is 19.9 Å². The number of aromatic nitrogens is 3. The molecule has 0 aliphatic carbocycles. The molecular formula is C10H14N4. The summed E-state index contributed by atoms with van der Waals surface area (Å²) in [5.74, 6) is 0. The van der Waals surface area contributed by atoms with Crippen LogP contribution in [0.25, 0.3) is 5.52 Å². The molecule has 0 fully saturated rings. The molecule has 0 radical (unpaired) electrons. The SMILES string of the molecule is CCCNCc1cnn2ccncc12. The summed E-state index contributed by atoms with van der Waals surface area (Å²) in [5, 5.41) is 7.58. The molecule has 2 aromatic heterocycles. The van der Waals surface area contributed by atoms with Crippen LogP contribution in [0.4, 0.5) is 0 Å². The van der Waals surface area contributed by atoms with E-state index >= 15 is 0 Å². The van der Waals surface area contributed by atoms with E-state index < -0.39 is 0 Å². The van der Waals surface area contributed by atoms with Crippen LogP contribution in [-0.4, -0.2) is 21.1 Å². The van der Waals surface area contributed by atoms with Crippen LogP contribution in [0.2, 0.25) is 0 Å². The summed E-state index contributed by atoms with van der Waals surface area (Å²) in [4.78, 5) is 4.09. The van der Waals surface area contributed by atoms with Gasteiger partial charge in [0.05, 0.1) is 17.9 Å². The topological polar surface area (TPSA) is 42.2 Å². The van der Waals surface area contributed by atoms with Gasteiger partial charge in [0.15, 0.2) is 0 Å². The molecule has 0 amide bonds.